The fourth-order valence-electron chi connectivity index (χ4n) is 2.91. The Bertz CT molecular complexity index is 960. The van der Waals surface area contributed by atoms with Gasteiger partial charge in [-0.25, -0.2) is 0 Å². The molecule has 0 bridgehead atoms. The number of hydrogen-bond acceptors (Lipinski definition) is 1. The largest absolute Gasteiger partial charge is 0.388 e. The molecule has 1 N–H and O–H groups in total. The van der Waals surface area contributed by atoms with Crippen LogP contribution in [0.5, 0.6) is 0 Å². The number of aromatic nitrogens is 1. The summed E-state index contributed by atoms with van der Waals surface area (Å²) in [6.45, 7) is 14.5. The van der Waals surface area contributed by atoms with Gasteiger partial charge in [-0.15, -0.1) is 0 Å². The van der Waals surface area contributed by atoms with Gasteiger partial charge < -0.3 is 9.88 Å². The second kappa shape index (κ2) is 5.23. The van der Waals surface area contributed by atoms with E-state index >= 15 is 0 Å². The fraction of sp³-hybridized carbons (Fsp3) is 0.100. The Labute approximate surface area is 130 Å². The van der Waals surface area contributed by atoms with Crippen molar-refractivity contribution in [2.24, 2.45) is 0 Å². The number of nitrogens with one attached hydrogen (secondary N) is 1. The summed E-state index contributed by atoms with van der Waals surface area (Å²) in [5.74, 6) is 0. The quantitative estimate of drug-likeness (QED) is 0.780. The van der Waals surface area contributed by atoms with Crippen LogP contribution in [-0.2, 0) is 0 Å². The first-order chi connectivity index (χ1) is 10.5. The van der Waals surface area contributed by atoms with E-state index < -0.39 is 0 Å². The summed E-state index contributed by atoms with van der Waals surface area (Å²) in [7, 11) is 1.93. The standard InChI is InChI=1S/C20H20N2/c1-13(2)16-9-11-17(12-10-16)22-14(3)18-7-6-8-19(21-5)20(18)15(22)4/h6-12,21H,1,3-4H2,2,5H3. The molecule has 3 rings (SSSR count). The van der Waals surface area contributed by atoms with E-state index in [-0.39, 0.29) is 0 Å². The smallest absolute Gasteiger partial charge is 0.0489 e. The third-order valence-electron chi connectivity index (χ3n) is 4.09. The minimum atomic E-state index is 0.952. The molecular weight excluding hydrogens is 268 g/mol. The number of nitrogens with zero attached hydrogens (tertiary/aromatic N) is 1. The number of hydrogen-bond donors (Lipinski definition) is 1. The van der Waals surface area contributed by atoms with Gasteiger partial charge in [0.25, 0.3) is 0 Å². The SMILES string of the molecule is C=C(C)c1ccc(-n2c(=C)c3cccc(NC)c3c2=C)cc1. The Balaban J connectivity index is 2.30. The van der Waals surface area contributed by atoms with Gasteiger partial charge in [-0.1, -0.05) is 49.6 Å². The summed E-state index contributed by atoms with van der Waals surface area (Å²) >= 11 is 0. The van der Waals surface area contributed by atoms with Crippen LogP contribution < -0.4 is 16.0 Å². The van der Waals surface area contributed by atoms with Crippen LogP contribution in [-0.4, -0.2) is 11.6 Å². The monoisotopic (exact) mass is 288 g/mol. The predicted octanol–water partition coefficient (Wildman–Crippen LogP) is 3.53. The zero-order chi connectivity index (χ0) is 15.9. The van der Waals surface area contributed by atoms with Gasteiger partial charge in [0.15, 0.2) is 0 Å². The molecule has 2 nitrogen and oxygen atoms in total. The molecule has 3 aromatic rings. The van der Waals surface area contributed by atoms with Crippen molar-refractivity contribution in [3.05, 3.63) is 65.3 Å². The van der Waals surface area contributed by atoms with E-state index in [1.165, 1.54) is 0 Å². The van der Waals surface area contributed by atoms with Gasteiger partial charge in [-0.05, 0) is 30.7 Å². The van der Waals surface area contributed by atoms with E-state index in [2.05, 4.69) is 66.0 Å². The van der Waals surface area contributed by atoms with E-state index in [9.17, 15) is 0 Å². The van der Waals surface area contributed by atoms with Crippen LogP contribution in [0.15, 0.2) is 49.0 Å². The second-order valence-electron chi connectivity index (χ2n) is 5.53. The molecule has 110 valence electrons. The van der Waals surface area contributed by atoms with Crippen LogP contribution in [0.3, 0.4) is 0 Å². The van der Waals surface area contributed by atoms with Crippen LogP contribution >= 0.6 is 0 Å². The summed E-state index contributed by atoms with van der Waals surface area (Å²) in [6, 6.07) is 14.5. The molecule has 0 amide bonds. The third kappa shape index (κ3) is 2.04. The molecule has 0 spiro atoms. The van der Waals surface area contributed by atoms with Crippen molar-refractivity contribution in [3.63, 3.8) is 0 Å². The number of benzene rings is 2. The minimum Gasteiger partial charge on any atom is -0.388 e. The highest BCUT2D eigenvalue weighted by atomic mass is 15.0. The molecule has 0 atom stereocenters. The summed E-state index contributed by atoms with van der Waals surface area (Å²) in [6.07, 6.45) is 0. The zero-order valence-corrected chi connectivity index (χ0v) is 13.1. The second-order valence-corrected chi connectivity index (χ2v) is 5.53. The Kier molecular flexibility index (Phi) is 3.38. The Hall–Kier alpha value is -2.74. The summed E-state index contributed by atoms with van der Waals surface area (Å²) in [5.41, 5.74) is 4.35. The van der Waals surface area contributed by atoms with Crippen molar-refractivity contribution in [1.82, 2.24) is 4.57 Å². The molecule has 0 saturated carbocycles. The molecule has 0 fully saturated rings. The van der Waals surface area contributed by atoms with Crippen molar-refractivity contribution in [1.29, 1.82) is 0 Å². The van der Waals surface area contributed by atoms with E-state index in [1.807, 2.05) is 20.0 Å². The Morgan fingerprint density at radius 3 is 2.27 bits per heavy atom. The van der Waals surface area contributed by atoms with Crippen LogP contribution in [0.2, 0.25) is 0 Å². The minimum absolute atomic E-state index is 0.952. The van der Waals surface area contributed by atoms with Crippen LogP contribution in [0.1, 0.15) is 12.5 Å². The van der Waals surface area contributed by atoms with E-state index in [0.717, 1.165) is 44.0 Å². The maximum atomic E-state index is 4.28. The first-order valence-corrected chi connectivity index (χ1v) is 7.30. The summed E-state index contributed by atoms with van der Waals surface area (Å²) in [4.78, 5) is 0. The highest BCUT2D eigenvalue weighted by Gasteiger charge is 2.09. The Morgan fingerprint density at radius 1 is 1.00 bits per heavy atom. The van der Waals surface area contributed by atoms with Crippen LogP contribution in [0.25, 0.3) is 35.2 Å². The lowest BCUT2D eigenvalue weighted by atomic mass is 10.1. The first-order valence-electron chi connectivity index (χ1n) is 7.30. The first kappa shape index (κ1) is 14.2. The number of allylic oxidation sites excluding steroid dienone is 1. The lowest BCUT2D eigenvalue weighted by molar-refractivity contribution is 1.01. The van der Waals surface area contributed by atoms with Gasteiger partial charge in [-0.3, -0.25) is 0 Å². The molecule has 0 aliphatic heterocycles. The van der Waals surface area contributed by atoms with E-state index in [4.69, 9.17) is 0 Å². The molecule has 0 aliphatic carbocycles. The van der Waals surface area contributed by atoms with E-state index in [1.54, 1.807) is 0 Å². The van der Waals surface area contributed by atoms with Gasteiger partial charge in [0.05, 0.1) is 0 Å². The number of anilines is 1. The summed E-state index contributed by atoms with van der Waals surface area (Å²) in [5, 5.41) is 7.39. The van der Waals surface area contributed by atoms with E-state index in [0.29, 0.717) is 0 Å². The molecule has 0 aliphatic rings. The highest BCUT2D eigenvalue weighted by Crippen LogP contribution is 2.19. The molecule has 2 aromatic carbocycles. The summed E-state index contributed by atoms with van der Waals surface area (Å²) < 4.78 is 2.10. The van der Waals surface area contributed by atoms with Crippen molar-refractivity contribution >= 4 is 35.2 Å². The van der Waals surface area contributed by atoms with Gasteiger partial charge >= 0.3 is 0 Å². The van der Waals surface area contributed by atoms with Gasteiger partial charge in [0, 0.05) is 39.9 Å². The molecule has 0 saturated heterocycles. The predicted molar refractivity (Wildman–Crippen MR) is 97.8 cm³/mol. The third-order valence-corrected chi connectivity index (χ3v) is 4.09. The maximum Gasteiger partial charge on any atom is 0.0489 e. The molecule has 2 heteroatoms. The number of rotatable bonds is 3. The van der Waals surface area contributed by atoms with Crippen molar-refractivity contribution < 1.29 is 0 Å². The number of fused-ring (bicyclic) bond motifs is 1. The van der Waals surface area contributed by atoms with Gasteiger partial charge in [0.1, 0.15) is 0 Å². The molecule has 1 heterocycles. The zero-order valence-electron chi connectivity index (χ0n) is 13.1. The molecule has 0 unspecified atom stereocenters. The van der Waals surface area contributed by atoms with Crippen molar-refractivity contribution in [2.45, 2.75) is 6.92 Å². The molecule has 0 radical (unpaired) electrons. The van der Waals surface area contributed by atoms with Gasteiger partial charge in [-0.2, -0.15) is 0 Å². The normalized spacial score (nSPS) is 10.8. The topological polar surface area (TPSA) is 17.0 Å². The average molecular weight is 288 g/mol. The Morgan fingerprint density at radius 2 is 1.68 bits per heavy atom. The fourth-order valence-corrected chi connectivity index (χ4v) is 2.91. The lowest BCUT2D eigenvalue weighted by Gasteiger charge is -2.06. The van der Waals surface area contributed by atoms with Crippen LogP contribution in [0.4, 0.5) is 5.69 Å². The van der Waals surface area contributed by atoms with Gasteiger partial charge in [0.2, 0.25) is 0 Å². The van der Waals surface area contributed by atoms with Crippen molar-refractivity contribution in [3.8, 4) is 5.69 Å². The average Bonchev–Trinajstić information content (AvgIpc) is 2.79. The lowest BCUT2D eigenvalue weighted by Crippen LogP contribution is -2.23. The van der Waals surface area contributed by atoms with Crippen molar-refractivity contribution in [2.75, 3.05) is 12.4 Å². The molecule has 1 aromatic heterocycles. The highest BCUT2D eigenvalue weighted by molar-refractivity contribution is 5.95. The van der Waals surface area contributed by atoms with Crippen LogP contribution in [0, 0.1) is 0 Å². The maximum absolute atomic E-state index is 4.28. The molecule has 22 heavy (non-hydrogen) atoms. The molecular formula is C20H20N2.